The molecule has 0 radical (unpaired) electrons. The zero-order chi connectivity index (χ0) is 22.2. The van der Waals surface area contributed by atoms with E-state index in [0.717, 1.165) is 5.39 Å². The first-order valence-corrected chi connectivity index (χ1v) is 10.5. The number of hydrogen-bond acceptors (Lipinski definition) is 6. The van der Waals surface area contributed by atoms with E-state index in [4.69, 9.17) is 27.9 Å². The number of nitrogens with zero attached hydrogens (tertiary/aromatic N) is 3. The van der Waals surface area contributed by atoms with Gasteiger partial charge >= 0.3 is 5.51 Å². The van der Waals surface area contributed by atoms with Gasteiger partial charge < -0.3 is 10.1 Å². The molecule has 0 bridgehead atoms. The summed E-state index contributed by atoms with van der Waals surface area (Å²) in [6, 6.07) is 5.88. The highest BCUT2D eigenvalue weighted by Gasteiger charge is 2.30. The fourth-order valence-electron chi connectivity index (χ4n) is 3.08. The average Bonchev–Trinajstić information content (AvgIpc) is 2.69. The molecule has 11 heteroatoms. The maximum atomic E-state index is 12.7. The summed E-state index contributed by atoms with van der Waals surface area (Å²) in [5.41, 5.74) is -3.59. The van der Waals surface area contributed by atoms with Crippen molar-refractivity contribution in [3.05, 3.63) is 52.9 Å². The third kappa shape index (κ3) is 4.58. The highest BCUT2D eigenvalue weighted by Crippen LogP contribution is 2.43. The van der Waals surface area contributed by atoms with Crippen LogP contribution in [0.25, 0.3) is 21.7 Å². The van der Waals surface area contributed by atoms with Crippen molar-refractivity contribution in [2.75, 3.05) is 11.9 Å². The zero-order valence-electron chi connectivity index (χ0n) is 15.8. The number of hydrogen-bond donors (Lipinski definition) is 1. The standard InChI is InChI=1S/C20H13Cl2F3N4OS/c1-2-30-19-16-11(3-6-27-19)18(28-15-4-5-26-9-12(15)16)29-17-13(21)7-10(8-14(17)22)31-20(23,24)25/h3-9H,2H2,1H3,(H,28,29). The second kappa shape index (κ2) is 8.57. The van der Waals surface area contributed by atoms with Crippen LogP contribution in [0.1, 0.15) is 6.92 Å². The van der Waals surface area contributed by atoms with E-state index in [2.05, 4.69) is 20.3 Å². The first-order chi connectivity index (χ1) is 14.8. The topological polar surface area (TPSA) is 59.9 Å². The van der Waals surface area contributed by atoms with Gasteiger partial charge in [0, 0.05) is 34.3 Å². The van der Waals surface area contributed by atoms with Crippen molar-refractivity contribution in [2.24, 2.45) is 0 Å². The number of halogens is 5. The Morgan fingerprint density at radius 1 is 1.10 bits per heavy atom. The van der Waals surface area contributed by atoms with E-state index in [1.165, 1.54) is 12.1 Å². The van der Waals surface area contributed by atoms with Crippen molar-refractivity contribution in [3.63, 3.8) is 0 Å². The van der Waals surface area contributed by atoms with Gasteiger partial charge in [-0.05, 0) is 43.0 Å². The van der Waals surface area contributed by atoms with E-state index in [9.17, 15) is 13.2 Å². The summed E-state index contributed by atoms with van der Waals surface area (Å²) in [6.07, 6.45) is 4.85. The van der Waals surface area contributed by atoms with Crippen LogP contribution in [0.4, 0.5) is 24.7 Å². The zero-order valence-corrected chi connectivity index (χ0v) is 18.1. The minimum atomic E-state index is -4.45. The molecule has 0 saturated heterocycles. The van der Waals surface area contributed by atoms with Gasteiger partial charge in [0.25, 0.3) is 0 Å². The van der Waals surface area contributed by atoms with Gasteiger partial charge in [0.15, 0.2) is 0 Å². The van der Waals surface area contributed by atoms with Crippen LogP contribution in [0, 0.1) is 0 Å². The van der Waals surface area contributed by atoms with Crippen LogP contribution in [0.2, 0.25) is 10.0 Å². The molecule has 0 fully saturated rings. The summed E-state index contributed by atoms with van der Waals surface area (Å²) in [5, 5.41) is 5.23. The van der Waals surface area contributed by atoms with Crippen molar-refractivity contribution in [1.82, 2.24) is 15.0 Å². The maximum Gasteiger partial charge on any atom is 0.446 e. The van der Waals surface area contributed by atoms with Gasteiger partial charge in [-0.25, -0.2) is 9.97 Å². The van der Waals surface area contributed by atoms with Crippen LogP contribution >= 0.6 is 35.0 Å². The largest absolute Gasteiger partial charge is 0.478 e. The monoisotopic (exact) mass is 484 g/mol. The van der Waals surface area contributed by atoms with Crippen molar-refractivity contribution in [1.29, 1.82) is 0 Å². The Bertz CT molecular complexity index is 1260. The Morgan fingerprint density at radius 2 is 1.84 bits per heavy atom. The lowest BCUT2D eigenvalue weighted by molar-refractivity contribution is -0.0328. The maximum absolute atomic E-state index is 12.7. The predicted molar refractivity (Wildman–Crippen MR) is 118 cm³/mol. The van der Waals surface area contributed by atoms with Gasteiger partial charge in [-0.15, -0.1) is 0 Å². The molecule has 1 aromatic carbocycles. The Balaban J connectivity index is 1.86. The molecule has 3 aromatic heterocycles. The highest BCUT2D eigenvalue weighted by molar-refractivity contribution is 8.00. The van der Waals surface area contributed by atoms with Gasteiger partial charge in [-0.3, -0.25) is 4.98 Å². The summed E-state index contributed by atoms with van der Waals surface area (Å²) >= 11 is 12.2. The third-order valence-electron chi connectivity index (χ3n) is 4.24. The van der Waals surface area contributed by atoms with Crippen LogP contribution in [0.3, 0.4) is 0 Å². The van der Waals surface area contributed by atoms with E-state index < -0.39 is 5.51 Å². The molecule has 0 aliphatic rings. The van der Waals surface area contributed by atoms with Crippen LogP contribution in [-0.2, 0) is 0 Å². The molecule has 1 N–H and O–H groups in total. The van der Waals surface area contributed by atoms with Gasteiger partial charge in [0.05, 0.1) is 33.2 Å². The first-order valence-electron chi connectivity index (χ1n) is 8.94. The minimum Gasteiger partial charge on any atom is -0.478 e. The second-order valence-corrected chi connectivity index (χ2v) is 8.21. The molecule has 3 heterocycles. The quantitative estimate of drug-likeness (QED) is 0.238. The molecule has 31 heavy (non-hydrogen) atoms. The normalized spacial score (nSPS) is 11.8. The summed E-state index contributed by atoms with van der Waals surface area (Å²) in [5.74, 6) is 0.814. The van der Waals surface area contributed by atoms with E-state index in [1.54, 1.807) is 30.7 Å². The van der Waals surface area contributed by atoms with Gasteiger partial charge in [0.1, 0.15) is 5.82 Å². The van der Waals surface area contributed by atoms with E-state index in [-0.39, 0.29) is 32.4 Å². The lowest BCUT2D eigenvalue weighted by atomic mass is 10.1. The molecular formula is C20H13Cl2F3N4OS. The first kappa shape index (κ1) is 21.7. The summed E-state index contributed by atoms with van der Waals surface area (Å²) in [7, 11) is 0. The molecule has 0 spiro atoms. The highest BCUT2D eigenvalue weighted by atomic mass is 35.5. The number of nitrogens with one attached hydrogen (secondary N) is 1. The number of anilines is 2. The lowest BCUT2D eigenvalue weighted by Crippen LogP contribution is -2.02. The molecule has 0 saturated carbocycles. The molecule has 0 aliphatic carbocycles. The van der Waals surface area contributed by atoms with Crippen molar-refractivity contribution >= 4 is 68.1 Å². The SMILES string of the molecule is CCOc1nccc2c(Nc3c(Cl)cc(SC(F)(F)F)cc3Cl)nc3ccncc3c12. The predicted octanol–water partition coefficient (Wildman–Crippen LogP) is 7.24. The number of alkyl halides is 3. The summed E-state index contributed by atoms with van der Waals surface area (Å²) < 4.78 is 43.8. The Kier molecular flexibility index (Phi) is 6.00. The van der Waals surface area contributed by atoms with Gasteiger partial charge in [-0.1, -0.05) is 23.2 Å². The molecule has 0 amide bonds. The molecule has 5 nitrogen and oxygen atoms in total. The Hall–Kier alpha value is -2.49. The number of thioether (sulfide) groups is 1. The number of rotatable bonds is 5. The number of benzene rings is 1. The number of aromatic nitrogens is 3. The fourth-order valence-corrected chi connectivity index (χ4v) is 4.41. The number of fused-ring (bicyclic) bond motifs is 3. The second-order valence-electron chi connectivity index (χ2n) is 6.26. The molecule has 0 atom stereocenters. The number of ether oxygens (including phenoxy) is 1. The summed E-state index contributed by atoms with van der Waals surface area (Å²) in [6.45, 7) is 2.26. The molecule has 160 valence electrons. The van der Waals surface area contributed by atoms with Gasteiger partial charge in [-0.2, -0.15) is 13.2 Å². The van der Waals surface area contributed by atoms with Crippen LogP contribution in [0.15, 0.2) is 47.8 Å². The smallest absolute Gasteiger partial charge is 0.446 e. The van der Waals surface area contributed by atoms with Crippen molar-refractivity contribution < 1.29 is 17.9 Å². The minimum absolute atomic E-state index is 0.0307. The van der Waals surface area contributed by atoms with E-state index >= 15 is 0 Å². The van der Waals surface area contributed by atoms with E-state index in [1.807, 2.05) is 6.92 Å². The lowest BCUT2D eigenvalue weighted by Gasteiger charge is -2.16. The molecule has 0 unspecified atom stereocenters. The fraction of sp³-hybridized carbons (Fsp3) is 0.150. The summed E-state index contributed by atoms with van der Waals surface area (Å²) in [4.78, 5) is 13.0. The van der Waals surface area contributed by atoms with Crippen molar-refractivity contribution in [3.8, 4) is 5.88 Å². The molecule has 4 rings (SSSR count). The van der Waals surface area contributed by atoms with Gasteiger partial charge in [0.2, 0.25) is 5.88 Å². The Labute approximate surface area is 188 Å². The Morgan fingerprint density at radius 3 is 2.52 bits per heavy atom. The van der Waals surface area contributed by atoms with Crippen LogP contribution in [0.5, 0.6) is 5.88 Å². The van der Waals surface area contributed by atoms with Crippen molar-refractivity contribution in [2.45, 2.75) is 17.3 Å². The van der Waals surface area contributed by atoms with Crippen LogP contribution in [-0.4, -0.2) is 27.1 Å². The molecular weight excluding hydrogens is 472 g/mol. The third-order valence-corrected chi connectivity index (χ3v) is 5.54. The number of pyridine rings is 3. The average molecular weight is 485 g/mol. The van der Waals surface area contributed by atoms with Crippen LogP contribution < -0.4 is 10.1 Å². The molecule has 0 aliphatic heterocycles. The molecule has 4 aromatic rings. The van der Waals surface area contributed by atoms with E-state index in [0.29, 0.717) is 34.6 Å².